The molecule has 0 spiro atoms. The monoisotopic (exact) mass is 407 g/mol. The van der Waals surface area contributed by atoms with Crippen molar-refractivity contribution < 1.29 is 14.6 Å². The summed E-state index contributed by atoms with van der Waals surface area (Å²) < 4.78 is 7.78. The molecule has 1 aliphatic heterocycles. The van der Waals surface area contributed by atoms with Crippen molar-refractivity contribution in [2.75, 3.05) is 13.1 Å². The predicted molar refractivity (Wildman–Crippen MR) is 116 cm³/mol. The minimum Gasteiger partial charge on any atom is -0.443 e. The molecule has 1 aromatic rings. The van der Waals surface area contributed by atoms with E-state index in [1.54, 1.807) is 6.92 Å². The van der Waals surface area contributed by atoms with Crippen LogP contribution in [0.1, 0.15) is 92.9 Å². The average Bonchev–Trinajstić information content (AvgIpc) is 3.11. The Balaban J connectivity index is 1.88. The zero-order valence-electron chi connectivity index (χ0n) is 19.7. The summed E-state index contributed by atoms with van der Waals surface area (Å²) in [5.74, 6) is 0.654. The average molecular weight is 408 g/mol. The maximum atomic E-state index is 12.7. The van der Waals surface area contributed by atoms with Gasteiger partial charge in [0.05, 0.1) is 17.3 Å². The zero-order valence-corrected chi connectivity index (χ0v) is 19.7. The van der Waals surface area contributed by atoms with E-state index in [9.17, 15) is 9.90 Å². The molecule has 1 atom stereocenters. The lowest BCUT2D eigenvalue weighted by Gasteiger charge is -2.39. The van der Waals surface area contributed by atoms with Crippen LogP contribution in [0.2, 0.25) is 0 Å². The standard InChI is InChI=1S/C23H41N3O3/c1-17(27)19-11-16-26(24-19)22(5,6)12-13-23(7,8)29-20(28)25-14-9-18(10-15-25)21(2,3)4/h11,16-18,27H,9-10,12-15H2,1-8H3. The maximum Gasteiger partial charge on any atom is 0.410 e. The number of rotatable bonds is 6. The Labute approximate surface area is 176 Å². The lowest BCUT2D eigenvalue weighted by Crippen LogP contribution is -2.44. The minimum atomic E-state index is -0.577. The van der Waals surface area contributed by atoms with Crippen molar-refractivity contribution in [3.63, 3.8) is 0 Å². The number of ether oxygens (including phenoxy) is 1. The first kappa shape index (κ1) is 23.7. The second-order valence-electron chi connectivity index (χ2n) is 10.9. The molecule has 0 aliphatic carbocycles. The SMILES string of the molecule is CC(O)c1ccn(C(C)(C)CCC(C)(C)OC(=O)N2CCC(C(C)(C)C)CC2)n1. The van der Waals surface area contributed by atoms with Crippen LogP contribution in [0.5, 0.6) is 0 Å². The van der Waals surface area contributed by atoms with Crippen LogP contribution in [-0.2, 0) is 10.3 Å². The number of nitrogens with zero attached hydrogens (tertiary/aromatic N) is 3. The third-order valence-electron chi connectivity index (χ3n) is 6.34. The van der Waals surface area contributed by atoms with Gasteiger partial charge in [-0.1, -0.05) is 20.8 Å². The highest BCUT2D eigenvalue weighted by Gasteiger charge is 2.34. The van der Waals surface area contributed by atoms with Crippen LogP contribution in [0.3, 0.4) is 0 Å². The molecule has 1 aliphatic rings. The number of carbonyl (C=O) groups excluding carboxylic acids is 1. The van der Waals surface area contributed by atoms with E-state index < -0.39 is 11.7 Å². The summed E-state index contributed by atoms with van der Waals surface area (Å²) in [6, 6.07) is 1.85. The largest absolute Gasteiger partial charge is 0.443 e. The van der Waals surface area contributed by atoms with Crippen LogP contribution < -0.4 is 0 Å². The molecule has 0 bridgehead atoms. The van der Waals surface area contributed by atoms with Crippen LogP contribution in [-0.4, -0.2) is 44.6 Å². The van der Waals surface area contributed by atoms with E-state index in [4.69, 9.17) is 4.74 Å². The predicted octanol–water partition coefficient (Wildman–Crippen LogP) is 5.13. The van der Waals surface area contributed by atoms with E-state index in [0.29, 0.717) is 17.0 Å². The van der Waals surface area contributed by atoms with Gasteiger partial charge in [0.2, 0.25) is 0 Å². The number of aromatic nitrogens is 2. The van der Waals surface area contributed by atoms with Crippen molar-refractivity contribution in [3.8, 4) is 0 Å². The number of carbonyl (C=O) groups is 1. The number of aliphatic hydroxyl groups is 1. The molecule has 166 valence electrons. The Kier molecular flexibility index (Phi) is 7.09. The number of piperidine rings is 1. The number of likely N-dealkylation sites (tertiary alicyclic amines) is 1. The lowest BCUT2D eigenvalue weighted by molar-refractivity contribution is -0.00694. The topological polar surface area (TPSA) is 67.6 Å². The Morgan fingerprint density at radius 3 is 2.24 bits per heavy atom. The molecule has 1 saturated heterocycles. The van der Waals surface area contributed by atoms with Gasteiger partial charge in [-0.3, -0.25) is 4.68 Å². The van der Waals surface area contributed by atoms with Gasteiger partial charge < -0.3 is 14.7 Å². The van der Waals surface area contributed by atoms with Crippen molar-refractivity contribution in [3.05, 3.63) is 18.0 Å². The van der Waals surface area contributed by atoms with Gasteiger partial charge in [-0.2, -0.15) is 5.10 Å². The van der Waals surface area contributed by atoms with Gasteiger partial charge in [0.1, 0.15) is 5.60 Å². The smallest absolute Gasteiger partial charge is 0.410 e. The summed E-state index contributed by atoms with van der Waals surface area (Å²) in [4.78, 5) is 14.6. The Bertz CT molecular complexity index is 678. The third-order valence-corrected chi connectivity index (χ3v) is 6.34. The summed E-state index contributed by atoms with van der Waals surface area (Å²) in [5.41, 5.74) is 0.181. The van der Waals surface area contributed by atoms with Gasteiger partial charge in [0, 0.05) is 19.3 Å². The number of hydrogen-bond donors (Lipinski definition) is 1. The van der Waals surface area contributed by atoms with E-state index in [1.807, 2.05) is 35.7 Å². The highest BCUT2D eigenvalue weighted by atomic mass is 16.6. The van der Waals surface area contributed by atoms with Gasteiger partial charge in [0.25, 0.3) is 0 Å². The normalized spacial score (nSPS) is 18.0. The summed E-state index contributed by atoms with van der Waals surface area (Å²) in [5, 5.41) is 14.2. The summed E-state index contributed by atoms with van der Waals surface area (Å²) >= 11 is 0. The molecule has 1 aromatic heterocycles. The molecule has 0 aromatic carbocycles. The Hall–Kier alpha value is -1.56. The molecule has 1 N–H and O–H groups in total. The van der Waals surface area contributed by atoms with E-state index in [1.165, 1.54) is 0 Å². The quantitative estimate of drug-likeness (QED) is 0.710. The molecule has 6 heteroatoms. The van der Waals surface area contributed by atoms with Gasteiger partial charge in [-0.25, -0.2) is 4.79 Å². The van der Waals surface area contributed by atoms with Gasteiger partial charge in [-0.05, 0) is 77.7 Å². The third kappa shape index (κ3) is 6.46. The fourth-order valence-corrected chi connectivity index (χ4v) is 3.90. The highest BCUT2D eigenvalue weighted by molar-refractivity contribution is 5.68. The highest BCUT2D eigenvalue weighted by Crippen LogP contribution is 2.35. The van der Waals surface area contributed by atoms with Gasteiger partial charge >= 0.3 is 6.09 Å². The van der Waals surface area contributed by atoms with Crippen LogP contribution in [0.25, 0.3) is 0 Å². The van der Waals surface area contributed by atoms with Crippen molar-refractivity contribution >= 4 is 6.09 Å². The molecular weight excluding hydrogens is 366 g/mol. The van der Waals surface area contributed by atoms with Crippen LogP contribution >= 0.6 is 0 Å². The summed E-state index contributed by atoms with van der Waals surface area (Å²) in [6.45, 7) is 18.3. The fourth-order valence-electron chi connectivity index (χ4n) is 3.90. The number of aliphatic hydroxyl groups excluding tert-OH is 1. The van der Waals surface area contributed by atoms with Gasteiger partial charge in [-0.15, -0.1) is 0 Å². The van der Waals surface area contributed by atoms with Crippen molar-refractivity contribution in [2.24, 2.45) is 11.3 Å². The van der Waals surface area contributed by atoms with E-state index in [-0.39, 0.29) is 11.6 Å². The van der Waals surface area contributed by atoms with Crippen molar-refractivity contribution in [1.82, 2.24) is 14.7 Å². The molecular formula is C23H41N3O3. The molecule has 1 fully saturated rings. The van der Waals surface area contributed by atoms with E-state index in [2.05, 4.69) is 39.7 Å². The van der Waals surface area contributed by atoms with E-state index >= 15 is 0 Å². The van der Waals surface area contributed by atoms with Crippen LogP contribution in [0, 0.1) is 11.3 Å². The first-order valence-corrected chi connectivity index (χ1v) is 10.9. The maximum absolute atomic E-state index is 12.7. The van der Waals surface area contributed by atoms with Crippen LogP contribution in [0.4, 0.5) is 4.79 Å². The Morgan fingerprint density at radius 2 is 1.76 bits per heavy atom. The summed E-state index contributed by atoms with van der Waals surface area (Å²) in [7, 11) is 0. The van der Waals surface area contributed by atoms with Gasteiger partial charge in [0.15, 0.2) is 0 Å². The summed E-state index contributed by atoms with van der Waals surface area (Å²) in [6.07, 6.45) is 4.74. The first-order valence-electron chi connectivity index (χ1n) is 10.9. The molecule has 6 nitrogen and oxygen atoms in total. The zero-order chi connectivity index (χ0) is 22.0. The van der Waals surface area contributed by atoms with Crippen molar-refractivity contribution in [2.45, 2.75) is 98.3 Å². The van der Waals surface area contributed by atoms with E-state index in [0.717, 1.165) is 38.8 Å². The molecule has 0 radical (unpaired) electrons. The minimum absolute atomic E-state index is 0.198. The second-order valence-corrected chi connectivity index (χ2v) is 10.9. The molecule has 1 unspecified atom stereocenters. The molecule has 1 amide bonds. The Morgan fingerprint density at radius 1 is 1.17 bits per heavy atom. The number of amides is 1. The van der Waals surface area contributed by atoms with Crippen LogP contribution in [0.15, 0.2) is 12.3 Å². The first-order chi connectivity index (χ1) is 13.2. The number of hydrogen-bond acceptors (Lipinski definition) is 4. The molecule has 2 heterocycles. The lowest BCUT2D eigenvalue weighted by atomic mass is 9.75. The molecule has 2 rings (SSSR count). The molecule has 0 saturated carbocycles. The molecule has 29 heavy (non-hydrogen) atoms. The van der Waals surface area contributed by atoms with Crippen molar-refractivity contribution in [1.29, 1.82) is 0 Å². The fraction of sp³-hybridized carbons (Fsp3) is 0.826. The second kappa shape index (κ2) is 8.66.